The molecule has 248 valence electrons. The van der Waals surface area contributed by atoms with Gasteiger partial charge in [0.1, 0.15) is 16.7 Å². The zero-order valence-corrected chi connectivity index (χ0v) is 28.5. The standard InChI is InChI=1S/C40H36ClN3O4S/c1-2-3-26-48-33-22-18-31(19-23-33)43-40(47)37(28-12-6-4-7-13-28)49-34-24-20-32(21-25-34)42-39(46)36(27-30-16-10-11-17-35(30)41)44-38(45)29-14-8-5-9-15-29/h4-25,27,37H,2-3,26H2,1H3,(H,42,46)(H,43,47)(H,44,45)/b36-27-. The lowest BCUT2D eigenvalue weighted by molar-refractivity contribution is -0.116. The first-order valence-corrected chi connectivity index (χ1v) is 17.1. The molecule has 1 atom stereocenters. The number of benzene rings is 5. The number of hydrogen-bond acceptors (Lipinski definition) is 5. The lowest BCUT2D eigenvalue weighted by Crippen LogP contribution is -2.30. The fourth-order valence-corrected chi connectivity index (χ4v) is 5.93. The molecular weight excluding hydrogens is 654 g/mol. The van der Waals surface area contributed by atoms with Gasteiger partial charge in [-0.3, -0.25) is 14.4 Å². The second-order valence-corrected chi connectivity index (χ2v) is 12.6. The molecular formula is C40H36ClN3O4S. The van der Waals surface area contributed by atoms with Crippen molar-refractivity contribution < 1.29 is 19.1 Å². The van der Waals surface area contributed by atoms with Gasteiger partial charge in [0.15, 0.2) is 0 Å². The third kappa shape index (κ3) is 10.3. The average Bonchev–Trinajstić information content (AvgIpc) is 3.13. The summed E-state index contributed by atoms with van der Waals surface area (Å²) in [6, 6.07) is 39.8. The lowest BCUT2D eigenvalue weighted by atomic mass is 10.1. The molecule has 0 aliphatic rings. The first kappa shape index (κ1) is 35.0. The number of thioether (sulfide) groups is 1. The normalized spacial score (nSPS) is 11.7. The maximum absolute atomic E-state index is 13.6. The Morgan fingerprint density at radius 3 is 2.04 bits per heavy atom. The Balaban J connectivity index is 1.29. The van der Waals surface area contributed by atoms with E-state index in [0.29, 0.717) is 34.1 Å². The summed E-state index contributed by atoms with van der Waals surface area (Å²) < 4.78 is 5.75. The minimum absolute atomic E-state index is 0.0294. The number of nitrogens with one attached hydrogen (secondary N) is 3. The Morgan fingerprint density at radius 1 is 0.755 bits per heavy atom. The van der Waals surface area contributed by atoms with E-state index in [1.165, 1.54) is 11.8 Å². The van der Waals surface area contributed by atoms with Crippen molar-refractivity contribution in [2.45, 2.75) is 29.9 Å². The van der Waals surface area contributed by atoms with Crippen molar-refractivity contribution in [3.63, 3.8) is 0 Å². The van der Waals surface area contributed by atoms with Crippen LogP contribution in [0.1, 0.15) is 46.5 Å². The van der Waals surface area contributed by atoms with E-state index in [1.54, 1.807) is 66.7 Å². The van der Waals surface area contributed by atoms with Crippen molar-refractivity contribution in [3.05, 3.63) is 161 Å². The van der Waals surface area contributed by atoms with Crippen LogP contribution in [0.3, 0.4) is 0 Å². The summed E-state index contributed by atoms with van der Waals surface area (Å²) in [6.45, 7) is 2.77. The molecule has 3 N–H and O–H groups in total. The first-order chi connectivity index (χ1) is 23.9. The maximum atomic E-state index is 13.6. The van der Waals surface area contributed by atoms with Crippen molar-refractivity contribution in [2.24, 2.45) is 0 Å². The number of halogens is 1. The third-order valence-electron chi connectivity index (χ3n) is 7.33. The number of amides is 3. The largest absolute Gasteiger partial charge is 0.494 e. The Hall–Kier alpha value is -5.31. The fraction of sp³-hybridized carbons (Fsp3) is 0.125. The van der Waals surface area contributed by atoms with Crippen LogP contribution in [0.15, 0.2) is 144 Å². The summed E-state index contributed by atoms with van der Waals surface area (Å²) in [5.74, 6) is -0.357. The zero-order valence-electron chi connectivity index (χ0n) is 26.9. The summed E-state index contributed by atoms with van der Waals surface area (Å²) >= 11 is 7.76. The van der Waals surface area contributed by atoms with Crippen molar-refractivity contribution in [3.8, 4) is 5.75 Å². The molecule has 7 nitrogen and oxygen atoms in total. The minimum Gasteiger partial charge on any atom is -0.494 e. The molecule has 49 heavy (non-hydrogen) atoms. The van der Waals surface area contributed by atoms with Gasteiger partial charge in [0.25, 0.3) is 11.8 Å². The van der Waals surface area contributed by atoms with Gasteiger partial charge in [-0.1, -0.05) is 91.7 Å². The summed E-state index contributed by atoms with van der Waals surface area (Å²) in [5, 5.41) is 8.52. The molecule has 0 radical (unpaired) electrons. The second-order valence-electron chi connectivity index (χ2n) is 11.0. The second kappa shape index (κ2) is 17.7. The predicted octanol–water partition coefficient (Wildman–Crippen LogP) is 9.40. The number of rotatable bonds is 14. The van der Waals surface area contributed by atoms with Gasteiger partial charge >= 0.3 is 0 Å². The molecule has 3 amide bonds. The van der Waals surface area contributed by atoms with E-state index < -0.39 is 17.1 Å². The van der Waals surface area contributed by atoms with E-state index in [9.17, 15) is 14.4 Å². The van der Waals surface area contributed by atoms with Crippen molar-refractivity contribution in [1.82, 2.24) is 5.32 Å². The van der Waals surface area contributed by atoms with Gasteiger partial charge in [0.05, 0.1) is 6.61 Å². The molecule has 0 aliphatic carbocycles. The number of ether oxygens (including phenoxy) is 1. The first-order valence-electron chi connectivity index (χ1n) is 15.9. The monoisotopic (exact) mass is 689 g/mol. The molecule has 0 spiro atoms. The van der Waals surface area contributed by atoms with Crippen molar-refractivity contribution in [1.29, 1.82) is 0 Å². The molecule has 9 heteroatoms. The smallest absolute Gasteiger partial charge is 0.272 e. The molecule has 0 heterocycles. The minimum atomic E-state index is -0.541. The van der Waals surface area contributed by atoms with E-state index in [-0.39, 0.29) is 11.6 Å². The van der Waals surface area contributed by atoms with Crippen LogP contribution in [-0.2, 0) is 9.59 Å². The third-order valence-corrected chi connectivity index (χ3v) is 8.94. The molecule has 0 bridgehead atoms. The highest BCUT2D eigenvalue weighted by Gasteiger charge is 2.23. The Kier molecular flexibility index (Phi) is 12.7. The quantitative estimate of drug-likeness (QED) is 0.0613. The molecule has 0 aliphatic heterocycles. The van der Waals surface area contributed by atoms with E-state index >= 15 is 0 Å². The number of hydrogen-bond donors (Lipinski definition) is 3. The van der Waals surface area contributed by atoms with Crippen LogP contribution in [0.25, 0.3) is 6.08 Å². The van der Waals surface area contributed by atoms with Crippen LogP contribution < -0.4 is 20.7 Å². The van der Waals surface area contributed by atoms with Crippen LogP contribution in [0.2, 0.25) is 5.02 Å². The van der Waals surface area contributed by atoms with E-state index in [2.05, 4.69) is 22.9 Å². The van der Waals surface area contributed by atoms with Crippen LogP contribution >= 0.6 is 23.4 Å². The number of carbonyl (C=O) groups is 3. The highest BCUT2D eigenvalue weighted by atomic mass is 35.5. The predicted molar refractivity (Wildman–Crippen MR) is 199 cm³/mol. The Morgan fingerprint density at radius 2 is 1.37 bits per heavy atom. The van der Waals surface area contributed by atoms with E-state index in [1.807, 2.05) is 72.8 Å². The van der Waals surface area contributed by atoms with E-state index in [0.717, 1.165) is 29.1 Å². The van der Waals surface area contributed by atoms with Crippen LogP contribution in [-0.4, -0.2) is 24.3 Å². The van der Waals surface area contributed by atoms with Crippen LogP contribution in [0, 0.1) is 0 Å². The molecule has 0 saturated carbocycles. The summed E-state index contributed by atoms with van der Waals surface area (Å²) in [5.41, 5.74) is 3.05. The van der Waals surface area contributed by atoms with E-state index in [4.69, 9.17) is 16.3 Å². The van der Waals surface area contributed by atoms with Crippen LogP contribution in [0.5, 0.6) is 5.75 Å². The van der Waals surface area contributed by atoms with Gasteiger partial charge in [-0.15, -0.1) is 11.8 Å². The summed E-state index contributed by atoms with van der Waals surface area (Å²) in [4.78, 5) is 40.9. The van der Waals surface area contributed by atoms with Gasteiger partial charge in [-0.2, -0.15) is 0 Å². The van der Waals surface area contributed by atoms with Crippen molar-refractivity contribution >= 4 is 58.5 Å². The fourth-order valence-electron chi connectivity index (χ4n) is 4.72. The van der Waals surface area contributed by atoms with Gasteiger partial charge in [-0.25, -0.2) is 0 Å². The SMILES string of the molecule is CCCCOc1ccc(NC(=O)C(Sc2ccc(NC(=O)/C(=C/c3ccccc3Cl)NC(=O)c3ccccc3)cc2)c2ccccc2)cc1. The van der Waals surface area contributed by atoms with Gasteiger partial charge in [0.2, 0.25) is 5.91 Å². The summed E-state index contributed by atoms with van der Waals surface area (Å²) in [7, 11) is 0. The molecule has 5 aromatic carbocycles. The van der Waals surface area contributed by atoms with Crippen molar-refractivity contribution in [2.75, 3.05) is 17.2 Å². The molecule has 0 fully saturated rings. The molecule has 0 aromatic heterocycles. The number of carbonyl (C=O) groups excluding carboxylic acids is 3. The van der Waals surface area contributed by atoms with Gasteiger partial charge in [0, 0.05) is 26.9 Å². The summed E-state index contributed by atoms with van der Waals surface area (Å²) in [6.07, 6.45) is 3.58. The lowest BCUT2D eigenvalue weighted by Gasteiger charge is -2.18. The number of unbranched alkanes of at least 4 members (excludes halogenated alkanes) is 1. The van der Waals surface area contributed by atoms with Crippen LogP contribution in [0.4, 0.5) is 11.4 Å². The van der Waals surface area contributed by atoms with Gasteiger partial charge < -0.3 is 20.7 Å². The molecule has 1 unspecified atom stereocenters. The highest BCUT2D eigenvalue weighted by molar-refractivity contribution is 8.00. The highest BCUT2D eigenvalue weighted by Crippen LogP contribution is 2.37. The molecule has 5 rings (SSSR count). The average molecular weight is 690 g/mol. The topological polar surface area (TPSA) is 96.5 Å². The maximum Gasteiger partial charge on any atom is 0.272 e. The Labute approximate surface area is 295 Å². The molecule has 0 saturated heterocycles. The Bertz CT molecular complexity index is 1880. The number of anilines is 2. The molecule has 5 aromatic rings. The van der Waals surface area contributed by atoms with Gasteiger partial charge in [-0.05, 0) is 90.4 Å². The zero-order chi connectivity index (χ0) is 34.4.